The van der Waals surface area contributed by atoms with Crippen molar-refractivity contribution in [2.45, 2.75) is 18.2 Å². The van der Waals surface area contributed by atoms with Crippen molar-refractivity contribution in [3.63, 3.8) is 0 Å². The van der Waals surface area contributed by atoms with Gasteiger partial charge in [-0.3, -0.25) is 0 Å². The van der Waals surface area contributed by atoms with E-state index in [4.69, 9.17) is 4.74 Å². The first kappa shape index (κ1) is 14.1. The zero-order valence-electron chi connectivity index (χ0n) is 11.0. The smallest absolute Gasteiger partial charge is 0.126 e. The van der Waals surface area contributed by atoms with Crippen molar-refractivity contribution in [1.29, 1.82) is 0 Å². The highest BCUT2D eigenvalue weighted by Gasteiger charge is 2.12. The predicted molar refractivity (Wildman–Crippen MR) is 79.5 cm³/mol. The van der Waals surface area contributed by atoms with Crippen molar-refractivity contribution in [1.82, 2.24) is 0 Å². The monoisotopic (exact) mass is 322 g/mol. The van der Waals surface area contributed by atoms with Crippen molar-refractivity contribution < 1.29 is 9.13 Å². The summed E-state index contributed by atoms with van der Waals surface area (Å²) in [4.78, 5) is 0.0917. The third-order valence-corrected chi connectivity index (χ3v) is 3.99. The standard InChI is InChI=1S/C16H16BrFO/c1-11-9-12(7-8-16(11)19-2)14(17)10-13-5-3-4-6-15(13)18/h3-9,14H,10H2,1-2H3. The molecule has 1 unspecified atom stereocenters. The minimum atomic E-state index is -0.155. The Bertz CT molecular complexity index is 568. The second-order valence-corrected chi connectivity index (χ2v) is 5.60. The molecule has 0 bridgehead atoms. The SMILES string of the molecule is COc1ccc(C(Br)Cc2ccccc2F)cc1C. The molecule has 0 aliphatic carbocycles. The fraction of sp³-hybridized carbons (Fsp3) is 0.250. The molecule has 19 heavy (non-hydrogen) atoms. The van der Waals surface area contributed by atoms with E-state index in [1.165, 1.54) is 6.07 Å². The maximum Gasteiger partial charge on any atom is 0.126 e. The summed E-state index contributed by atoms with van der Waals surface area (Å²) >= 11 is 3.63. The summed E-state index contributed by atoms with van der Waals surface area (Å²) in [7, 11) is 1.66. The van der Waals surface area contributed by atoms with Crippen LogP contribution in [0.1, 0.15) is 21.5 Å². The molecule has 1 atom stereocenters. The summed E-state index contributed by atoms with van der Waals surface area (Å²) in [6.07, 6.45) is 0.623. The Kier molecular flexibility index (Phi) is 4.59. The summed E-state index contributed by atoms with van der Waals surface area (Å²) in [6.45, 7) is 2.01. The van der Waals surface area contributed by atoms with Gasteiger partial charge < -0.3 is 4.74 Å². The summed E-state index contributed by atoms with van der Waals surface area (Å²) in [5.41, 5.74) is 2.93. The van der Waals surface area contributed by atoms with Gasteiger partial charge in [0.1, 0.15) is 11.6 Å². The number of alkyl halides is 1. The molecule has 0 aromatic heterocycles. The van der Waals surface area contributed by atoms with E-state index in [2.05, 4.69) is 22.0 Å². The van der Waals surface area contributed by atoms with Crippen LogP contribution < -0.4 is 4.74 Å². The van der Waals surface area contributed by atoms with Crippen molar-refractivity contribution in [2.75, 3.05) is 7.11 Å². The predicted octanol–water partition coefficient (Wildman–Crippen LogP) is 4.82. The Morgan fingerprint density at radius 3 is 2.58 bits per heavy atom. The van der Waals surface area contributed by atoms with Gasteiger partial charge in [-0.1, -0.05) is 46.3 Å². The first-order valence-corrected chi connectivity index (χ1v) is 7.05. The lowest BCUT2D eigenvalue weighted by Gasteiger charge is -2.13. The van der Waals surface area contributed by atoms with Crippen LogP contribution in [0.15, 0.2) is 42.5 Å². The van der Waals surface area contributed by atoms with Crippen LogP contribution in [0, 0.1) is 12.7 Å². The van der Waals surface area contributed by atoms with Crippen LogP contribution in [0.25, 0.3) is 0 Å². The molecule has 0 saturated heterocycles. The van der Waals surface area contributed by atoms with Crippen LogP contribution in [0.4, 0.5) is 4.39 Å². The molecular formula is C16H16BrFO. The summed E-state index contributed by atoms with van der Waals surface area (Å²) in [5.74, 6) is 0.714. The van der Waals surface area contributed by atoms with Gasteiger partial charge in [-0.25, -0.2) is 4.39 Å². The molecule has 0 spiro atoms. The fourth-order valence-electron chi connectivity index (χ4n) is 2.07. The van der Waals surface area contributed by atoms with Crippen molar-refractivity contribution >= 4 is 15.9 Å². The average molecular weight is 323 g/mol. The fourth-order valence-corrected chi connectivity index (χ4v) is 2.70. The number of hydrogen-bond donors (Lipinski definition) is 0. The first-order valence-electron chi connectivity index (χ1n) is 6.14. The van der Waals surface area contributed by atoms with Gasteiger partial charge in [-0.05, 0) is 42.2 Å². The van der Waals surface area contributed by atoms with Crippen LogP contribution in [0.5, 0.6) is 5.75 Å². The molecule has 0 N–H and O–H groups in total. The van der Waals surface area contributed by atoms with E-state index < -0.39 is 0 Å². The zero-order chi connectivity index (χ0) is 13.8. The van der Waals surface area contributed by atoms with Gasteiger partial charge in [0.15, 0.2) is 0 Å². The molecule has 2 aromatic rings. The highest BCUT2D eigenvalue weighted by atomic mass is 79.9. The number of hydrogen-bond acceptors (Lipinski definition) is 1. The molecular weight excluding hydrogens is 307 g/mol. The first-order chi connectivity index (χ1) is 9.11. The zero-order valence-corrected chi connectivity index (χ0v) is 12.6. The maximum absolute atomic E-state index is 13.6. The third kappa shape index (κ3) is 3.35. The van der Waals surface area contributed by atoms with Gasteiger partial charge in [0.2, 0.25) is 0 Å². The lowest BCUT2D eigenvalue weighted by molar-refractivity contribution is 0.411. The molecule has 0 aliphatic heterocycles. The van der Waals surface area contributed by atoms with Crippen LogP contribution >= 0.6 is 15.9 Å². The van der Waals surface area contributed by atoms with Crippen LogP contribution in [-0.2, 0) is 6.42 Å². The van der Waals surface area contributed by atoms with E-state index in [1.807, 2.05) is 31.2 Å². The number of methoxy groups -OCH3 is 1. The Morgan fingerprint density at radius 2 is 1.95 bits per heavy atom. The molecule has 0 fully saturated rings. The van der Waals surface area contributed by atoms with E-state index in [0.29, 0.717) is 6.42 Å². The Labute approximate surface area is 121 Å². The second-order valence-electron chi connectivity index (χ2n) is 4.49. The molecule has 2 rings (SSSR count). The van der Waals surface area contributed by atoms with Crippen LogP contribution in [0.2, 0.25) is 0 Å². The molecule has 1 nitrogen and oxygen atoms in total. The highest BCUT2D eigenvalue weighted by molar-refractivity contribution is 9.09. The van der Waals surface area contributed by atoms with Gasteiger partial charge in [0, 0.05) is 4.83 Å². The van der Waals surface area contributed by atoms with E-state index in [0.717, 1.165) is 22.4 Å². The van der Waals surface area contributed by atoms with Crippen molar-refractivity contribution in [3.8, 4) is 5.75 Å². The Balaban J connectivity index is 2.18. The summed E-state index contributed by atoms with van der Waals surface area (Å²) < 4.78 is 18.9. The molecule has 100 valence electrons. The van der Waals surface area contributed by atoms with Crippen molar-refractivity contribution in [2.24, 2.45) is 0 Å². The molecule has 0 heterocycles. The van der Waals surface area contributed by atoms with Crippen LogP contribution in [-0.4, -0.2) is 7.11 Å². The normalized spacial score (nSPS) is 12.2. The van der Waals surface area contributed by atoms with E-state index >= 15 is 0 Å². The van der Waals surface area contributed by atoms with Gasteiger partial charge in [0.05, 0.1) is 7.11 Å². The largest absolute Gasteiger partial charge is 0.496 e. The van der Waals surface area contributed by atoms with E-state index in [9.17, 15) is 4.39 Å². The number of halogens is 2. The quantitative estimate of drug-likeness (QED) is 0.733. The van der Waals surface area contributed by atoms with Crippen LogP contribution in [0.3, 0.4) is 0 Å². The minimum Gasteiger partial charge on any atom is -0.496 e. The number of rotatable bonds is 4. The third-order valence-electron chi connectivity index (χ3n) is 3.14. The molecule has 0 radical (unpaired) electrons. The maximum atomic E-state index is 13.6. The van der Waals surface area contributed by atoms with Gasteiger partial charge in [-0.15, -0.1) is 0 Å². The van der Waals surface area contributed by atoms with Crippen molar-refractivity contribution in [3.05, 3.63) is 65.0 Å². The summed E-state index contributed by atoms with van der Waals surface area (Å²) in [6, 6.07) is 12.9. The molecule has 3 heteroatoms. The topological polar surface area (TPSA) is 9.23 Å². The molecule has 2 aromatic carbocycles. The molecule has 0 amide bonds. The van der Waals surface area contributed by atoms with Gasteiger partial charge in [0.25, 0.3) is 0 Å². The van der Waals surface area contributed by atoms with E-state index in [1.54, 1.807) is 13.2 Å². The molecule has 0 aliphatic rings. The lowest BCUT2D eigenvalue weighted by atomic mass is 10.0. The second kappa shape index (κ2) is 6.20. The number of aryl methyl sites for hydroxylation is 1. The lowest BCUT2D eigenvalue weighted by Crippen LogP contribution is -1.99. The van der Waals surface area contributed by atoms with E-state index in [-0.39, 0.29) is 10.6 Å². The number of ether oxygens (including phenoxy) is 1. The summed E-state index contributed by atoms with van der Waals surface area (Å²) in [5, 5.41) is 0. The van der Waals surface area contributed by atoms with Gasteiger partial charge in [-0.2, -0.15) is 0 Å². The minimum absolute atomic E-state index is 0.0917. The average Bonchev–Trinajstić information content (AvgIpc) is 2.41. The molecule has 0 saturated carbocycles. The Morgan fingerprint density at radius 1 is 1.21 bits per heavy atom. The van der Waals surface area contributed by atoms with Gasteiger partial charge >= 0.3 is 0 Å². The number of benzene rings is 2. The Hall–Kier alpha value is -1.35. The highest BCUT2D eigenvalue weighted by Crippen LogP contribution is 2.30.